The Morgan fingerprint density at radius 3 is 1.39 bits per heavy atom. The number of hydrogen-bond acceptors (Lipinski definition) is 4. The van der Waals surface area contributed by atoms with Gasteiger partial charge in [-0.05, 0) is 25.0 Å². The third-order valence-corrected chi connectivity index (χ3v) is 4.83. The van der Waals surface area contributed by atoms with Crippen molar-refractivity contribution in [3.8, 4) is 0 Å². The maximum Gasteiger partial charge on any atom is 0.339 e. The first-order valence-electron chi connectivity index (χ1n) is 11.1. The van der Waals surface area contributed by atoms with Gasteiger partial charge in [0.15, 0.2) is 0 Å². The van der Waals surface area contributed by atoms with Crippen LogP contribution in [0.5, 0.6) is 0 Å². The van der Waals surface area contributed by atoms with Gasteiger partial charge >= 0.3 is 11.9 Å². The highest BCUT2D eigenvalue weighted by Crippen LogP contribution is 2.14. The monoisotopic (exact) mass is 390 g/mol. The summed E-state index contributed by atoms with van der Waals surface area (Å²) in [6.07, 6.45) is 13.7. The van der Waals surface area contributed by atoms with E-state index < -0.39 is 11.9 Å². The maximum absolute atomic E-state index is 12.4. The second kappa shape index (κ2) is 16.1. The summed E-state index contributed by atoms with van der Waals surface area (Å²) in [7, 11) is 0. The van der Waals surface area contributed by atoms with Crippen molar-refractivity contribution < 1.29 is 19.1 Å². The van der Waals surface area contributed by atoms with Gasteiger partial charge in [0.25, 0.3) is 0 Å². The number of hydrogen-bond donors (Lipinski definition) is 0. The van der Waals surface area contributed by atoms with E-state index in [1.54, 1.807) is 24.3 Å². The maximum atomic E-state index is 12.4. The highest BCUT2D eigenvalue weighted by Gasteiger charge is 2.18. The van der Waals surface area contributed by atoms with Crippen LogP contribution in [-0.2, 0) is 9.47 Å². The van der Waals surface area contributed by atoms with Crippen LogP contribution in [0.3, 0.4) is 0 Å². The van der Waals surface area contributed by atoms with E-state index in [4.69, 9.17) is 9.47 Å². The molecule has 158 valence electrons. The predicted molar refractivity (Wildman–Crippen MR) is 114 cm³/mol. The molecule has 0 bridgehead atoms. The summed E-state index contributed by atoms with van der Waals surface area (Å²) >= 11 is 0. The number of esters is 2. The molecule has 0 fully saturated rings. The molecule has 0 amide bonds. The lowest BCUT2D eigenvalue weighted by Crippen LogP contribution is -2.15. The molecule has 0 atom stereocenters. The Bertz CT molecular complexity index is 553. The van der Waals surface area contributed by atoms with Gasteiger partial charge in [-0.2, -0.15) is 0 Å². The van der Waals surface area contributed by atoms with Gasteiger partial charge in [-0.1, -0.05) is 90.2 Å². The number of ether oxygens (including phenoxy) is 2. The average Bonchev–Trinajstić information content (AvgIpc) is 2.72. The topological polar surface area (TPSA) is 52.6 Å². The Labute approximate surface area is 171 Å². The van der Waals surface area contributed by atoms with E-state index in [0.717, 1.165) is 38.5 Å². The fourth-order valence-electron chi connectivity index (χ4n) is 3.09. The van der Waals surface area contributed by atoms with Gasteiger partial charge in [-0.3, -0.25) is 0 Å². The van der Waals surface area contributed by atoms with E-state index in [9.17, 15) is 9.59 Å². The molecule has 0 spiro atoms. The second-order valence-corrected chi connectivity index (χ2v) is 7.35. The normalized spacial score (nSPS) is 10.6. The number of carbonyl (C=O) groups is 2. The van der Waals surface area contributed by atoms with Crippen LogP contribution in [0.4, 0.5) is 0 Å². The van der Waals surface area contributed by atoms with E-state index in [2.05, 4.69) is 13.8 Å². The Hall–Kier alpha value is -1.84. The number of benzene rings is 1. The van der Waals surface area contributed by atoms with Gasteiger partial charge in [0, 0.05) is 0 Å². The smallest absolute Gasteiger partial charge is 0.339 e. The summed E-state index contributed by atoms with van der Waals surface area (Å²) in [6.45, 7) is 5.15. The van der Waals surface area contributed by atoms with E-state index in [-0.39, 0.29) is 0 Å². The molecule has 0 aliphatic carbocycles. The molecule has 0 unspecified atom stereocenters. The predicted octanol–water partition coefficient (Wildman–Crippen LogP) is 6.72. The first-order valence-corrected chi connectivity index (χ1v) is 11.1. The van der Waals surface area contributed by atoms with E-state index in [1.165, 1.54) is 38.5 Å². The SMILES string of the molecule is CCCCCCCCCCOC(=O)c1ccccc1C(=O)OCCCCCC. The molecule has 0 aliphatic rings. The summed E-state index contributed by atoms with van der Waals surface area (Å²) in [5.41, 5.74) is 0.583. The standard InChI is InChI=1S/C24H38O4/c1-3-5-7-9-10-11-12-16-20-28-24(26)22-18-14-13-17-21(22)23(25)27-19-15-8-6-4-2/h13-14,17-18H,3-12,15-16,19-20H2,1-2H3. The minimum absolute atomic E-state index is 0.291. The van der Waals surface area contributed by atoms with Crippen LogP contribution in [0.15, 0.2) is 24.3 Å². The van der Waals surface area contributed by atoms with Crippen molar-refractivity contribution in [2.75, 3.05) is 13.2 Å². The Morgan fingerprint density at radius 2 is 0.964 bits per heavy atom. The Morgan fingerprint density at radius 1 is 0.607 bits per heavy atom. The van der Waals surface area contributed by atoms with Crippen molar-refractivity contribution in [2.45, 2.75) is 90.9 Å². The summed E-state index contributed by atoms with van der Waals surface area (Å²) in [6, 6.07) is 6.74. The molecule has 4 nitrogen and oxygen atoms in total. The van der Waals surface area contributed by atoms with Crippen LogP contribution in [0, 0.1) is 0 Å². The number of unbranched alkanes of at least 4 members (excludes halogenated alkanes) is 10. The molecule has 0 N–H and O–H groups in total. The van der Waals surface area contributed by atoms with Crippen molar-refractivity contribution in [1.82, 2.24) is 0 Å². The van der Waals surface area contributed by atoms with E-state index in [1.807, 2.05) is 0 Å². The summed E-state index contributed by atoms with van der Waals surface area (Å²) in [4.78, 5) is 24.7. The minimum Gasteiger partial charge on any atom is -0.462 e. The third kappa shape index (κ3) is 10.5. The zero-order valence-corrected chi connectivity index (χ0v) is 17.8. The van der Waals surface area contributed by atoms with Crippen LogP contribution in [0.25, 0.3) is 0 Å². The van der Waals surface area contributed by atoms with Gasteiger partial charge < -0.3 is 9.47 Å². The highest BCUT2D eigenvalue weighted by atomic mass is 16.5. The molecule has 1 aromatic rings. The lowest BCUT2D eigenvalue weighted by atomic mass is 10.1. The van der Waals surface area contributed by atoms with Crippen molar-refractivity contribution in [1.29, 1.82) is 0 Å². The molecule has 0 saturated carbocycles. The highest BCUT2D eigenvalue weighted by molar-refractivity contribution is 6.03. The lowest BCUT2D eigenvalue weighted by Gasteiger charge is -2.10. The van der Waals surface area contributed by atoms with Crippen molar-refractivity contribution >= 4 is 11.9 Å². The lowest BCUT2D eigenvalue weighted by molar-refractivity contribution is 0.0450. The van der Waals surface area contributed by atoms with E-state index in [0.29, 0.717) is 24.3 Å². The molecular weight excluding hydrogens is 352 g/mol. The average molecular weight is 391 g/mol. The van der Waals surface area contributed by atoms with Gasteiger partial charge in [-0.25, -0.2) is 9.59 Å². The zero-order chi connectivity index (χ0) is 20.5. The van der Waals surface area contributed by atoms with Gasteiger partial charge in [0.05, 0.1) is 24.3 Å². The minimum atomic E-state index is -0.448. The first-order chi connectivity index (χ1) is 13.7. The first kappa shape index (κ1) is 24.2. The second-order valence-electron chi connectivity index (χ2n) is 7.35. The Kier molecular flexibility index (Phi) is 14.0. The van der Waals surface area contributed by atoms with E-state index >= 15 is 0 Å². The molecule has 0 aromatic heterocycles. The zero-order valence-electron chi connectivity index (χ0n) is 17.8. The van der Waals surface area contributed by atoms with Gasteiger partial charge in [-0.15, -0.1) is 0 Å². The molecule has 0 saturated heterocycles. The molecule has 4 heteroatoms. The molecule has 28 heavy (non-hydrogen) atoms. The number of rotatable bonds is 16. The van der Waals surface area contributed by atoms with Crippen LogP contribution in [-0.4, -0.2) is 25.2 Å². The fraction of sp³-hybridized carbons (Fsp3) is 0.667. The van der Waals surface area contributed by atoms with Crippen LogP contribution >= 0.6 is 0 Å². The summed E-state index contributed by atoms with van der Waals surface area (Å²) < 4.78 is 10.7. The molecule has 0 heterocycles. The number of carbonyl (C=O) groups excluding carboxylic acids is 2. The van der Waals surface area contributed by atoms with Gasteiger partial charge in [0.1, 0.15) is 0 Å². The van der Waals surface area contributed by atoms with Crippen LogP contribution in [0.1, 0.15) is 112 Å². The molecule has 1 rings (SSSR count). The molecule has 0 aliphatic heterocycles. The van der Waals surface area contributed by atoms with Crippen LogP contribution in [0.2, 0.25) is 0 Å². The van der Waals surface area contributed by atoms with Crippen molar-refractivity contribution in [2.24, 2.45) is 0 Å². The molecule has 1 aromatic carbocycles. The largest absolute Gasteiger partial charge is 0.462 e. The van der Waals surface area contributed by atoms with Crippen molar-refractivity contribution in [3.05, 3.63) is 35.4 Å². The van der Waals surface area contributed by atoms with Crippen LogP contribution < -0.4 is 0 Å². The fourth-order valence-corrected chi connectivity index (χ4v) is 3.09. The Balaban J connectivity index is 2.32. The van der Waals surface area contributed by atoms with Crippen molar-refractivity contribution in [3.63, 3.8) is 0 Å². The molecule has 0 radical (unpaired) electrons. The molecular formula is C24H38O4. The summed E-state index contributed by atoms with van der Waals surface area (Å²) in [5, 5.41) is 0. The van der Waals surface area contributed by atoms with Gasteiger partial charge in [0.2, 0.25) is 0 Å². The quantitative estimate of drug-likeness (QED) is 0.232. The third-order valence-electron chi connectivity index (χ3n) is 4.83. The summed E-state index contributed by atoms with van der Waals surface area (Å²) in [5.74, 6) is -0.891.